The molecule has 3 aromatic rings. The molecule has 0 aliphatic rings. The van der Waals surface area contributed by atoms with Crippen molar-refractivity contribution >= 4 is 17.5 Å². The van der Waals surface area contributed by atoms with Crippen molar-refractivity contribution in [3.8, 4) is 17.3 Å². The third-order valence-electron chi connectivity index (χ3n) is 3.45. The number of rotatable bonds is 6. The Labute approximate surface area is 145 Å². The number of nitrogens with one attached hydrogen (secondary N) is 2. The van der Waals surface area contributed by atoms with E-state index in [2.05, 4.69) is 26.7 Å². The van der Waals surface area contributed by atoms with E-state index in [0.29, 0.717) is 23.9 Å². The summed E-state index contributed by atoms with van der Waals surface area (Å²) in [7, 11) is 0. The highest BCUT2D eigenvalue weighted by Gasteiger charge is 2.07. The number of nitriles is 1. The van der Waals surface area contributed by atoms with Gasteiger partial charge in [-0.25, -0.2) is 4.98 Å². The number of aromatic nitrogens is 2. The summed E-state index contributed by atoms with van der Waals surface area (Å²) in [5.74, 6) is 1.03. The quantitative estimate of drug-likeness (QED) is 0.642. The predicted octanol–water partition coefficient (Wildman–Crippen LogP) is 3.16. The molecule has 2 aromatic carbocycles. The first-order valence-electron chi connectivity index (χ1n) is 7.85. The van der Waals surface area contributed by atoms with E-state index in [1.54, 1.807) is 12.1 Å². The van der Waals surface area contributed by atoms with Crippen LogP contribution < -0.4 is 10.6 Å². The molecule has 0 fully saturated rings. The van der Waals surface area contributed by atoms with Gasteiger partial charge in [-0.3, -0.25) is 0 Å². The molecule has 6 nitrogen and oxygen atoms in total. The first-order valence-corrected chi connectivity index (χ1v) is 7.85. The van der Waals surface area contributed by atoms with Crippen LogP contribution in [0.1, 0.15) is 5.56 Å². The fourth-order valence-electron chi connectivity index (χ4n) is 2.33. The molecule has 0 atom stereocenters. The van der Waals surface area contributed by atoms with Crippen LogP contribution in [-0.4, -0.2) is 28.2 Å². The lowest BCUT2D eigenvalue weighted by Gasteiger charge is -2.11. The molecule has 3 rings (SSSR count). The minimum Gasteiger partial charge on any atom is -0.395 e. The summed E-state index contributed by atoms with van der Waals surface area (Å²) in [6.45, 7) is 0.355. The molecule has 25 heavy (non-hydrogen) atoms. The van der Waals surface area contributed by atoms with Crippen molar-refractivity contribution in [2.45, 2.75) is 0 Å². The third kappa shape index (κ3) is 4.31. The van der Waals surface area contributed by atoms with Crippen LogP contribution in [0.2, 0.25) is 0 Å². The van der Waals surface area contributed by atoms with E-state index in [0.717, 1.165) is 16.9 Å². The van der Waals surface area contributed by atoms with Crippen LogP contribution in [0.3, 0.4) is 0 Å². The Morgan fingerprint density at radius 2 is 1.84 bits per heavy atom. The Balaban J connectivity index is 1.95. The van der Waals surface area contributed by atoms with Gasteiger partial charge in [0.25, 0.3) is 0 Å². The van der Waals surface area contributed by atoms with Gasteiger partial charge in [0.1, 0.15) is 5.82 Å². The molecule has 0 amide bonds. The van der Waals surface area contributed by atoms with Gasteiger partial charge in [-0.15, -0.1) is 0 Å². The lowest BCUT2D eigenvalue weighted by Crippen LogP contribution is -2.10. The van der Waals surface area contributed by atoms with Crippen molar-refractivity contribution in [1.29, 1.82) is 5.26 Å². The Bertz CT molecular complexity index is 890. The number of aliphatic hydroxyl groups excluding tert-OH is 1. The number of hydrogen-bond donors (Lipinski definition) is 3. The maximum atomic E-state index is 9.03. The van der Waals surface area contributed by atoms with Crippen molar-refractivity contribution < 1.29 is 5.11 Å². The van der Waals surface area contributed by atoms with Crippen molar-refractivity contribution in [3.05, 3.63) is 66.2 Å². The highest BCUT2D eigenvalue weighted by molar-refractivity contribution is 5.67. The number of hydrogen-bond acceptors (Lipinski definition) is 6. The Morgan fingerprint density at radius 3 is 2.60 bits per heavy atom. The lowest BCUT2D eigenvalue weighted by atomic mass is 10.1. The molecule has 0 bridgehead atoms. The SMILES string of the molecule is N#Cc1cccc(Nc2cc(-c3ccccc3)nc(NCCO)n2)c1. The number of aliphatic hydroxyl groups is 1. The second-order valence-corrected chi connectivity index (χ2v) is 5.30. The molecule has 0 radical (unpaired) electrons. The molecule has 124 valence electrons. The molecule has 0 unspecified atom stereocenters. The summed E-state index contributed by atoms with van der Waals surface area (Å²) in [5.41, 5.74) is 3.06. The maximum absolute atomic E-state index is 9.03. The summed E-state index contributed by atoms with van der Waals surface area (Å²) in [6, 6.07) is 20.9. The fraction of sp³-hybridized carbons (Fsp3) is 0.105. The lowest BCUT2D eigenvalue weighted by molar-refractivity contribution is 0.311. The molecule has 0 saturated heterocycles. The second-order valence-electron chi connectivity index (χ2n) is 5.30. The van der Waals surface area contributed by atoms with Gasteiger partial charge >= 0.3 is 0 Å². The van der Waals surface area contributed by atoms with Crippen molar-refractivity contribution in [1.82, 2.24) is 9.97 Å². The van der Waals surface area contributed by atoms with Gasteiger partial charge in [-0.2, -0.15) is 10.2 Å². The monoisotopic (exact) mass is 331 g/mol. The first kappa shape index (κ1) is 16.4. The summed E-state index contributed by atoms with van der Waals surface area (Å²) < 4.78 is 0. The summed E-state index contributed by atoms with van der Waals surface area (Å²) in [5, 5.41) is 24.2. The molecule has 1 heterocycles. The molecule has 0 aliphatic heterocycles. The van der Waals surface area contributed by atoms with Crippen LogP contribution in [0.4, 0.5) is 17.5 Å². The zero-order valence-corrected chi connectivity index (χ0v) is 13.5. The number of nitrogens with zero attached hydrogens (tertiary/aromatic N) is 3. The average molecular weight is 331 g/mol. The van der Waals surface area contributed by atoms with E-state index in [1.165, 1.54) is 0 Å². The van der Waals surface area contributed by atoms with Gasteiger partial charge in [-0.1, -0.05) is 36.4 Å². The van der Waals surface area contributed by atoms with E-state index in [-0.39, 0.29) is 6.61 Å². The van der Waals surface area contributed by atoms with Crippen LogP contribution in [-0.2, 0) is 0 Å². The van der Waals surface area contributed by atoms with Gasteiger partial charge in [0.2, 0.25) is 5.95 Å². The van der Waals surface area contributed by atoms with E-state index in [4.69, 9.17) is 10.4 Å². The van der Waals surface area contributed by atoms with Crippen molar-refractivity contribution in [3.63, 3.8) is 0 Å². The van der Waals surface area contributed by atoms with E-state index in [9.17, 15) is 0 Å². The van der Waals surface area contributed by atoms with Crippen LogP contribution in [0.25, 0.3) is 11.3 Å². The standard InChI is InChI=1S/C19H17N5O/c20-13-14-5-4-8-16(11-14)22-18-12-17(15-6-2-1-3-7-15)23-19(24-18)21-9-10-25/h1-8,11-12,25H,9-10H2,(H2,21,22,23,24). The van der Waals surface area contributed by atoms with E-state index in [1.807, 2.05) is 48.5 Å². The zero-order chi connectivity index (χ0) is 17.5. The van der Waals surface area contributed by atoms with Crippen LogP contribution in [0, 0.1) is 11.3 Å². The topological polar surface area (TPSA) is 93.9 Å². The fourth-order valence-corrected chi connectivity index (χ4v) is 2.33. The van der Waals surface area contributed by atoms with Crippen molar-refractivity contribution in [2.75, 3.05) is 23.8 Å². The molecular weight excluding hydrogens is 314 g/mol. The smallest absolute Gasteiger partial charge is 0.225 e. The minimum absolute atomic E-state index is 0.00803. The summed E-state index contributed by atoms with van der Waals surface area (Å²) >= 11 is 0. The molecular formula is C19H17N5O. The maximum Gasteiger partial charge on any atom is 0.225 e. The van der Waals surface area contributed by atoms with Crippen LogP contribution in [0.15, 0.2) is 60.7 Å². The number of benzene rings is 2. The highest BCUT2D eigenvalue weighted by atomic mass is 16.3. The molecule has 0 saturated carbocycles. The van der Waals surface area contributed by atoms with Crippen molar-refractivity contribution in [2.24, 2.45) is 0 Å². The Morgan fingerprint density at radius 1 is 1.00 bits per heavy atom. The normalized spacial score (nSPS) is 10.1. The van der Waals surface area contributed by atoms with Gasteiger partial charge in [0.15, 0.2) is 0 Å². The second kappa shape index (κ2) is 7.90. The Kier molecular flexibility index (Phi) is 5.19. The molecule has 1 aromatic heterocycles. The summed E-state index contributed by atoms with van der Waals surface area (Å²) in [4.78, 5) is 8.91. The molecule has 3 N–H and O–H groups in total. The van der Waals surface area contributed by atoms with E-state index < -0.39 is 0 Å². The predicted molar refractivity (Wildman–Crippen MR) is 97.5 cm³/mol. The van der Waals surface area contributed by atoms with Crippen LogP contribution in [0.5, 0.6) is 0 Å². The highest BCUT2D eigenvalue weighted by Crippen LogP contribution is 2.23. The zero-order valence-electron chi connectivity index (χ0n) is 13.5. The minimum atomic E-state index is -0.00803. The van der Waals surface area contributed by atoms with Gasteiger partial charge < -0.3 is 15.7 Å². The molecule has 0 aliphatic carbocycles. The first-order chi connectivity index (χ1) is 12.3. The summed E-state index contributed by atoms with van der Waals surface area (Å²) in [6.07, 6.45) is 0. The number of anilines is 3. The average Bonchev–Trinajstić information content (AvgIpc) is 2.67. The largest absolute Gasteiger partial charge is 0.395 e. The van der Waals surface area contributed by atoms with Gasteiger partial charge in [0.05, 0.1) is 23.9 Å². The Hall–Kier alpha value is -3.43. The van der Waals surface area contributed by atoms with E-state index >= 15 is 0 Å². The van der Waals surface area contributed by atoms with Gasteiger partial charge in [0, 0.05) is 23.9 Å². The van der Waals surface area contributed by atoms with Crippen LogP contribution >= 0.6 is 0 Å². The third-order valence-corrected chi connectivity index (χ3v) is 3.45. The molecule has 0 spiro atoms. The van der Waals surface area contributed by atoms with Gasteiger partial charge in [-0.05, 0) is 18.2 Å². The molecule has 6 heteroatoms.